The largest absolute Gasteiger partial charge is 0.358 e. The molecule has 0 aromatic heterocycles. The predicted octanol–water partition coefficient (Wildman–Crippen LogP) is 2.42. The number of carbonyl (C=O) groups is 1. The van der Waals surface area contributed by atoms with Gasteiger partial charge in [0, 0.05) is 5.41 Å². The van der Waals surface area contributed by atoms with E-state index in [1.54, 1.807) is 0 Å². The molecule has 2 fully saturated rings. The number of rotatable bonds is 1. The summed E-state index contributed by atoms with van der Waals surface area (Å²) in [5.41, 5.74) is -0.648. The molecule has 2 aliphatic rings. The second kappa shape index (κ2) is 2.60. The molecule has 0 bridgehead atoms. The zero-order valence-electron chi connectivity index (χ0n) is 9.76. The number of ether oxygens (including phenoxy) is 1. The normalized spacial score (nSPS) is 45.1. The Bertz CT molecular complexity index is 280. The van der Waals surface area contributed by atoms with Crippen molar-refractivity contribution < 1.29 is 9.53 Å². The molecule has 2 nitrogen and oxygen atoms in total. The van der Waals surface area contributed by atoms with Gasteiger partial charge in [-0.3, -0.25) is 4.79 Å². The lowest BCUT2D eigenvalue weighted by Gasteiger charge is -2.39. The van der Waals surface area contributed by atoms with E-state index in [9.17, 15) is 4.79 Å². The van der Waals surface area contributed by atoms with Gasteiger partial charge in [0.05, 0.1) is 6.10 Å². The summed E-state index contributed by atoms with van der Waals surface area (Å²) < 4.78 is 5.54. The molecule has 14 heavy (non-hydrogen) atoms. The van der Waals surface area contributed by atoms with Crippen molar-refractivity contribution in [3.05, 3.63) is 0 Å². The number of carbonyl (C=O) groups excluding carboxylic acids is 1. The summed E-state index contributed by atoms with van der Waals surface area (Å²) in [5, 5.41) is 0. The van der Waals surface area contributed by atoms with Crippen LogP contribution in [0.15, 0.2) is 0 Å². The van der Waals surface area contributed by atoms with Crippen molar-refractivity contribution in [2.24, 2.45) is 17.3 Å². The number of hydrogen-bond donors (Lipinski definition) is 0. The number of epoxide rings is 1. The summed E-state index contributed by atoms with van der Waals surface area (Å²) in [6, 6.07) is 0. The molecule has 0 radical (unpaired) electrons. The summed E-state index contributed by atoms with van der Waals surface area (Å²) in [4.78, 5) is 12.2. The van der Waals surface area contributed by atoms with E-state index in [-0.39, 0.29) is 11.5 Å². The van der Waals surface area contributed by atoms with Gasteiger partial charge >= 0.3 is 0 Å². The van der Waals surface area contributed by atoms with Crippen LogP contribution in [0.4, 0.5) is 0 Å². The molecular weight excluding hydrogens is 176 g/mol. The highest BCUT2D eigenvalue weighted by Crippen LogP contribution is 2.55. The molecule has 0 amide bonds. The van der Waals surface area contributed by atoms with Gasteiger partial charge in [0.15, 0.2) is 11.4 Å². The zero-order chi connectivity index (χ0) is 10.7. The van der Waals surface area contributed by atoms with E-state index in [2.05, 4.69) is 27.7 Å². The summed E-state index contributed by atoms with van der Waals surface area (Å²) in [7, 11) is 0. The lowest BCUT2D eigenvalue weighted by atomic mass is 9.61. The maximum Gasteiger partial charge on any atom is 0.172 e. The maximum atomic E-state index is 12.2. The first-order valence-electron chi connectivity index (χ1n) is 5.53. The highest BCUT2D eigenvalue weighted by atomic mass is 16.6. The molecule has 1 heterocycles. The van der Waals surface area contributed by atoms with E-state index in [0.717, 1.165) is 6.42 Å². The van der Waals surface area contributed by atoms with E-state index in [1.807, 2.05) is 6.92 Å². The third-order valence-electron chi connectivity index (χ3n) is 4.18. The summed E-state index contributed by atoms with van der Waals surface area (Å²) in [6.07, 6.45) is 1.25. The predicted molar refractivity (Wildman–Crippen MR) is 55.0 cm³/mol. The van der Waals surface area contributed by atoms with Gasteiger partial charge in [0.25, 0.3) is 0 Å². The molecule has 0 aromatic rings. The van der Waals surface area contributed by atoms with Crippen molar-refractivity contribution in [1.82, 2.24) is 0 Å². The van der Waals surface area contributed by atoms with Crippen LogP contribution >= 0.6 is 0 Å². The highest BCUT2D eigenvalue weighted by Gasteiger charge is 2.67. The Morgan fingerprint density at radius 1 is 1.36 bits per heavy atom. The van der Waals surface area contributed by atoms with Crippen molar-refractivity contribution in [2.75, 3.05) is 0 Å². The SMILES string of the molecule is CC(C)[C@@H]1C[C@@H]2OC2(C)C(=O)C1(C)C. The molecule has 0 spiro atoms. The Morgan fingerprint density at radius 3 is 2.43 bits per heavy atom. The monoisotopic (exact) mass is 196 g/mol. The van der Waals surface area contributed by atoms with E-state index in [0.29, 0.717) is 17.6 Å². The minimum atomic E-state index is -0.436. The van der Waals surface area contributed by atoms with Crippen LogP contribution in [0.5, 0.6) is 0 Å². The molecular formula is C12H20O2. The fourth-order valence-corrected chi connectivity index (χ4v) is 3.17. The fraction of sp³-hybridized carbons (Fsp3) is 0.917. The maximum absolute atomic E-state index is 12.2. The third-order valence-corrected chi connectivity index (χ3v) is 4.18. The number of fused-ring (bicyclic) bond motifs is 1. The molecule has 3 atom stereocenters. The first kappa shape index (κ1) is 10.2. The molecule has 80 valence electrons. The third kappa shape index (κ3) is 1.10. The topological polar surface area (TPSA) is 29.6 Å². The van der Waals surface area contributed by atoms with Gasteiger partial charge in [-0.25, -0.2) is 0 Å². The van der Waals surface area contributed by atoms with Crippen LogP contribution < -0.4 is 0 Å². The minimum absolute atomic E-state index is 0.204. The van der Waals surface area contributed by atoms with E-state index >= 15 is 0 Å². The van der Waals surface area contributed by atoms with E-state index in [4.69, 9.17) is 4.74 Å². The number of Topliss-reactive ketones (excluding diaryl/α,β-unsaturated/α-hetero) is 1. The quantitative estimate of drug-likeness (QED) is 0.603. The Balaban J connectivity index is 2.29. The van der Waals surface area contributed by atoms with Crippen molar-refractivity contribution in [1.29, 1.82) is 0 Å². The lowest BCUT2D eigenvalue weighted by Crippen LogP contribution is -2.48. The van der Waals surface area contributed by atoms with Gasteiger partial charge in [-0.05, 0) is 25.2 Å². The van der Waals surface area contributed by atoms with Crippen molar-refractivity contribution in [3.8, 4) is 0 Å². The second-order valence-corrected chi connectivity index (χ2v) is 5.85. The molecule has 0 N–H and O–H groups in total. The van der Waals surface area contributed by atoms with Gasteiger partial charge in [-0.1, -0.05) is 27.7 Å². The molecule has 1 saturated carbocycles. The van der Waals surface area contributed by atoms with Crippen LogP contribution in [0.2, 0.25) is 0 Å². The zero-order valence-corrected chi connectivity index (χ0v) is 9.76. The van der Waals surface area contributed by atoms with Crippen molar-refractivity contribution in [3.63, 3.8) is 0 Å². The molecule has 0 aromatic carbocycles. The number of ketones is 1. The lowest BCUT2D eigenvalue weighted by molar-refractivity contribution is -0.137. The van der Waals surface area contributed by atoms with E-state index in [1.165, 1.54) is 0 Å². The molecule has 1 saturated heterocycles. The van der Waals surface area contributed by atoms with Crippen molar-refractivity contribution >= 4 is 5.78 Å². The average molecular weight is 196 g/mol. The molecule has 1 aliphatic carbocycles. The molecule has 2 heteroatoms. The van der Waals surface area contributed by atoms with Crippen LogP contribution in [0.3, 0.4) is 0 Å². The van der Waals surface area contributed by atoms with Crippen LogP contribution in [-0.2, 0) is 9.53 Å². The van der Waals surface area contributed by atoms with Gasteiger partial charge < -0.3 is 4.74 Å². The van der Waals surface area contributed by atoms with Gasteiger partial charge in [-0.2, -0.15) is 0 Å². The minimum Gasteiger partial charge on any atom is -0.358 e. The average Bonchev–Trinajstić information content (AvgIpc) is 2.71. The fourth-order valence-electron chi connectivity index (χ4n) is 3.17. The Morgan fingerprint density at radius 2 is 1.93 bits per heavy atom. The number of hydrogen-bond acceptors (Lipinski definition) is 2. The van der Waals surface area contributed by atoms with Crippen LogP contribution in [0.1, 0.15) is 41.0 Å². The Labute approximate surface area is 86.0 Å². The molecule has 1 aliphatic heterocycles. The first-order valence-corrected chi connectivity index (χ1v) is 5.53. The summed E-state index contributed by atoms with van der Waals surface area (Å²) in [5.74, 6) is 1.33. The van der Waals surface area contributed by atoms with Crippen LogP contribution in [0.25, 0.3) is 0 Å². The first-order chi connectivity index (χ1) is 6.30. The Kier molecular flexibility index (Phi) is 1.89. The van der Waals surface area contributed by atoms with E-state index < -0.39 is 5.60 Å². The highest BCUT2D eigenvalue weighted by molar-refractivity contribution is 5.95. The van der Waals surface area contributed by atoms with Gasteiger partial charge in [0.1, 0.15) is 0 Å². The van der Waals surface area contributed by atoms with Gasteiger partial charge in [0.2, 0.25) is 0 Å². The second-order valence-electron chi connectivity index (χ2n) is 5.85. The molecule has 2 rings (SSSR count). The summed E-state index contributed by atoms with van der Waals surface area (Å²) >= 11 is 0. The standard InChI is InChI=1S/C12H20O2/c1-7(2)8-6-9-12(5,14-9)10(13)11(8,3)4/h7-9H,6H2,1-5H3/t8-,9-,12?/m0/s1. The molecule has 1 unspecified atom stereocenters. The summed E-state index contributed by atoms with van der Waals surface area (Å²) in [6.45, 7) is 10.5. The smallest absolute Gasteiger partial charge is 0.172 e. The van der Waals surface area contributed by atoms with Crippen LogP contribution in [0, 0.1) is 17.3 Å². The van der Waals surface area contributed by atoms with Crippen LogP contribution in [-0.4, -0.2) is 17.5 Å². The van der Waals surface area contributed by atoms with Gasteiger partial charge in [-0.15, -0.1) is 0 Å². The Hall–Kier alpha value is -0.370. The van der Waals surface area contributed by atoms with Crippen molar-refractivity contribution in [2.45, 2.75) is 52.7 Å².